The monoisotopic (exact) mass is 318 g/mol. The molecule has 7 aliphatic rings. The van der Waals surface area contributed by atoms with Crippen molar-refractivity contribution >= 4 is 5.97 Å². The van der Waals surface area contributed by atoms with Crippen LogP contribution in [0.15, 0.2) is 0 Å². The topological polar surface area (TPSA) is 54.0 Å². The molecular weight excluding hydrogens is 296 g/mol. The summed E-state index contributed by atoms with van der Waals surface area (Å²) < 4.78 is 25.9. The molecule has 4 saturated carbocycles. The maximum atomic E-state index is 12.3. The molecule has 5 nitrogen and oxygen atoms in total. The Morgan fingerprint density at radius 2 is 2.09 bits per heavy atom. The van der Waals surface area contributed by atoms with Gasteiger partial charge >= 0.3 is 5.97 Å². The molecule has 4 bridgehead atoms. The van der Waals surface area contributed by atoms with Gasteiger partial charge in [-0.3, -0.25) is 4.79 Å². The summed E-state index contributed by atoms with van der Waals surface area (Å²) in [5.41, 5.74) is -0.930. The molecule has 3 heterocycles. The minimum Gasteiger partial charge on any atom is -0.459 e. The first-order chi connectivity index (χ1) is 11.0. The summed E-state index contributed by atoms with van der Waals surface area (Å²) in [5, 5.41) is 0. The van der Waals surface area contributed by atoms with Crippen LogP contribution in [0.25, 0.3) is 0 Å². The molecule has 9 unspecified atom stereocenters. The molecule has 7 rings (SSSR count). The second-order valence-corrected chi connectivity index (χ2v) is 9.21. The van der Waals surface area contributed by atoms with Crippen LogP contribution in [0.3, 0.4) is 0 Å². The van der Waals surface area contributed by atoms with E-state index in [2.05, 4.69) is 0 Å². The maximum absolute atomic E-state index is 12.3. The zero-order valence-corrected chi connectivity index (χ0v) is 13.4. The number of carbonyl (C=O) groups is 1. The Morgan fingerprint density at radius 3 is 3.00 bits per heavy atom. The van der Waals surface area contributed by atoms with E-state index in [-0.39, 0.29) is 29.2 Å². The van der Waals surface area contributed by atoms with Gasteiger partial charge in [0.1, 0.15) is 17.3 Å². The summed E-state index contributed by atoms with van der Waals surface area (Å²) in [6.07, 6.45) is 6.93. The quantitative estimate of drug-likeness (QED) is 0.641. The molecule has 7 fully saturated rings. The number of hydrogen-bond donors (Lipinski definition) is 0. The highest BCUT2D eigenvalue weighted by Gasteiger charge is 2.90. The Bertz CT molecular complexity index is 664. The Balaban J connectivity index is 1.57. The van der Waals surface area contributed by atoms with Gasteiger partial charge < -0.3 is 18.9 Å². The van der Waals surface area contributed by atoms with Gasteiger partial charge in [-0.05, 0) is 38.0 Å². The molecular formula is C18H22O5. The molecule has 5 heteroatoms. The Kier molecular flexibility index (Phi) is 1.78. The minimum absolute atomic E-state index is 0.0445. The van der Waals surface area contributed by atoms with Gasteiger partial charge in [0.05, 0.1) is 12.0 Å². The average Bonchev–Trinajstić information content (AvgIpc) is 3.06. The SMILES string of the molecule is CC12OC34CC5CC3C3OC(=O)CC6CCCC(O1)(C4C5)C63O2. The molecule has 0 aromatic heterocycles. The van der Waals surface area contributed by atoms with Crippen LogP contribution in [0.5, 0.6) is 0 Å². The molecule has 0 aromatic rings. The van der Waals surface area contributed by atoms with Crippen molar-refractivity contribution in [2.75, 3.05) is 0 Å². The fourth-order valence-corrected chi connectivity index (χ4v) is 8.39. The van der Waals surface area contributed by atoms with Crippen LogP contribution < -0.4 is 0 Å². The highest BCUT2D eigenvalue weighted by atomic mass is 16.9. The van der Waals surface area contributed by atoms with Crippen LogP contribution in [-0.2, 0) is 23.7 Å². The Morgan fingerprint density at radius 1 is 1.17 bits per heavy atom. The van der Waals surface area contributed by atoms with Crippen molar-refractivity contribution in [1.82, 2.24) is 0 Å². The number of fused-ring (bicyclic) bond motifs is 3. The summed E-state index contributed by atoms with van der Waals surface area (Å²) in [4.78, 5) is 12.3. The van der Waals surface area contributed by atoms with Gasteiger partial charge in [-0.15, -0.1) is 0 Å². The minimum atomic E-state index is -0.949. The average molecular weight is 318 g/mol. The third-order valence-corrected chi connectivity index (χ3v) is 8.47. The van der Waals surface area contributed by atoms with E-state index < -0.39 is 11.6 Å². The molecule has 0 N–H and O–H groups in total. The lowest BCUT2D eigenvalue weighted by Crippen LogP contribution is -2.80. The van der Waals surface area contributed by atoms with Gasteiger partial charge in [0.2, 0.25) is 0 Å². The van der Waals surface area contributed by atoms with E-state index in [9.17, 15) is 4.79 Å². The Hall–Kier alpha value is -0.650. The summed E-state index contributed by atoms with van der Waals surface area (Å²) >= 11 is 0. The molecule has 3 spiro atoms. The summed E-state index contributed by atoms with van der Waals surface area (Å²) in [6, 6.07) is 0. The van der Waals surface area contributed by atoms with Crippen molar-refractivity contribution in [2.24, 2.45) is 23.7 Å². The molecule has 9 atom stereocenters. The predicted molar refractivity (Wildman–Crippen MR) is 76.0 cm³/mol. The van der Waals surface area contributed by atoms with Crippen molar-refractivity contribution in [3.05, 3.63) is 0 Å². The number of carbonyl (C=O) groups excluding carboxylic acids is 1. The van der Waals surface area contributed by atoms with Crippen LogP contribution in [0.4, 0.5) is 0 Å². The van der Waals surface area contributed by atoms with Crippen molar-refractivity contribution in [2.45, 2.75) is 80.7 Å². The number of ether oxygens (including phenoxy) is 4. The fourth-order valence-electron chi connectivity index (χ4n) is 8.39. The number of hydrogen-bond acceptors (Lipinski definition) is 5. The third kappa shape index (κ3) is 1.02. The summed E-state index contributed by atoms with van der Waals surface area (Å²) in [6.45, 7) is 1.95. The first-order valence-electron chi connectivity index (χ1n) is 9.31. The van der Waals surface area contributed by atoms with E-state index in [4.69, 9.17) is 18.9 Å². The molecule has 3 saturated heterocycles. The largest absolute Gasteiger partial charge is 0.459 e. The van der Waals surface area contributed by atoms with E-state index in [1.807, 2.05) is 6.92 Å². The lowest BCUT2D eigenvalue weighted by atomic mass is 9.46. The highest BCUT2D eigenvalue weighted by Crippen LogP contribution is 2.79. The molecule has 4 aliphatic carbocycles. The molecule has 124 valence electrons. The predicted octanol–water partition coefficient (Wildman–Crippen LogP) is 2.13. The van der Waals surface area contributed by atoms with E-state index >= 15 is 0 Å². The second-order valence-electron chi connectivity index (χ2n) is 9.21. The van der Waals surface area contributed by atoms with E-state index in [0.717, 1.165) is 32.1 Å². The first-order valence-corrected chi connectivity index (χ1v) is 9.31. The molecule has 0 aromatic carbocycles. The number of rotatable bonds is 0. The lowest BCUT2D eigenvalue weighted by molar-refractivity contribution is -0.423. The maximum Gasteiger partial charge on any atom is 0.306 e. The zero-order valence-electron chi connectivity index (χ0n) is 13.4. The lowest BCUT2D eigenvalue weighted by Gasteiger charge is -2.67. The molecule has 23 heavy (non-hydrogen) atoms. The number of esters is 1. The fraction of sp³-hybridized carbons (Fsp3) is 0.944. The molecule has 3 aliphatic heterocycles. The second kappa shape index (κ2) is 3.23. The van der Waals surface area contributed by atoms with E-state index in [0.29, 0.717) is 24.2 Å². The zero-order chi connectivity index (χ0) is 15.2. The normalized spacial score (nSPS) is 69.8. The summed E-state index contributed by atoms with van der Waals surface area (Å²) in [7, 11) is 0. The van der Waals surface area contributed by atoms with Gasteiger partial charge in [-0.25, -0.2) is 0 Å². The van der Waals surface area contributed by atoms with Crippen molar-refractivity contribution < 1.29 is 23.7 Å². The van der Waals surface area contributed by atoms with E-state index in [1.165, 1.54) is 6.42 Å². The van der Waals surface area contributed by atoms with Gasteiger partial charge in [0.15, 0.2) is 0 Å². The summed E-state index contributed by atoms with van der Waals surface area (Å²) in [5.74, 6) is 0.653. The van der Waals surface area contributed by atoms with Crippen molar-refractivity contribution in [3.8, 4) is 0 Å². The van der Waals surface area contributed by atoms with Gasteiger partial charge in [0.25, 0.3) is 5.97 Å². The van der Waals surface area contributed by atoms with Crippen LogP contribution in [0.2, 0.25) is 0 Å². The van der Waals surface area contributed by atoms with E-state index in [1.54, 1.807) is 0 Å². The molecule has 0 radical (unpaired) electrons. The first kappa shape index (κ1) is 12.7. The third-order valence-electron chi connectivity index (χ3n) is 8.47. The van der Waals surface area contributed by atoms with Gasteiger partial charge in [0, 0.05) is 24.7 Å². The van der Waals surface area contributed by atoms with Crippen molar-refractivity contribution in [1.29, 1.82) is 0 Å². The van der Waals surface area contributed by atoms with Crippen LogP contribution in [-0.4, -0.2) is 34.8 Å². The smallest absolute Gasteiger partial charge is 0.306 e. The van der Waals surface area contributed by atoms with Gasteiger partial charge in [-0.1, -0.05) is 6.42 Å². The Labute approximate surface area is 135 Å². The van der Waals surface area contributed by atoms with Crippen LogP contribution >= 0.6 is 0 Å². The van der Waals surface area contributed by atoms with Crippen molar-refractivity contribution in [3.63, 3.8) is 0 Å². The van der Waals surface area contributed by atoms with Crippen LogP contribution in [0, 0.1) is 23.7 Å². The van der Waals surface area contributed by atoms with Crippen LogP contribution in [0.1, 0.15) is 51.9 Å². The highest BCUT2D eigenvalue weighted by molar-refractivity contribution is 5.72. The molecule has 0 amide bonds. The standard InChI is InChI=1S/C18H22O5/c1-15-21-16-8-9-5-11(16)14-18(23-15)10(7-13(19)20-14)3-2-4-17(18,22-15)12(16)6-9/h9-12,14H,2-8H2,1H3. The van der Waals surface area contributed by atoms with Gasteiger partial charge in [-0.2, -0.15) is 0 Å².